The Labute approximate surface area is 170 Å². The van der Waals surface area contributed by atoms with Crippen LogP contribution in [-0.2, 0) is 20.7 Å². The molecule has 0 saturated carbocycles. The van der Waals surface area contributed by atoms with Gasteiger partial charge < -0.3 is 0 Å². The van der Waals surface area contributed by atoms with Crippen molar-refractivity contribution in [2.45, 2.75) is 70.1 Å². The minimum absolute atomic E-state index is 0.127. The summed E-state index contributed by atoms with van der Waals surface area (Å²) in [5.41, 5.74) is 6.78. The number of sulfone groups is 1. The summed E-state index contributed by atoms with van der Waals surface area (Å²) in [4.78, 5) is 0.391. The molecule has 0 amide bonds. The van der Waals surface area contributed by atoms with E-state index in [2.05, 4.69) is 58.9 Å². The first-order valence-corrected chi connectivity index (χ1v) is 11.8. The lowest BCUT2D eigenvalue weighted by Crippen LogP contribution is -2.33. The second-order valence-electron chi connectivity index (χ2n) is 9.33. The van der Waals surface area contributed by atoms with E-state index in [9.17, 15) is 8.42 Å². The fraction of sp³-hybridized carbons (Fsp3) is 0.440. The Bertz CT molecular complexity index is 1010. The highest BCUT2D eigenvalue weighted by atomic mass is 32.2. The SMILES string of the molecule is CCS(=O)(=O)c1ccc(/C=C(\C)c2ccc3c(c2)C(C)(C)CCC3(C)C)cc1. The molecule has 0 aromatic heterocycles. The molecule has 2 aromatic carbocycles. The molecule has 0 saturated heterocycles. The van der Waals surface area contributed by atoms with Crippen molar-refractivity contribution in [3.63, 3.8) is 0 Å². The summed E-state index contributed by atoms with van der Waals surface area (Å²) in [6, 6.07) is 14.1. The van der Waals surface area contributed by atoms with E-state index in [1.165, 1.54) is 35.1 Å². The van der Waals surface area contributed by atoms with Crippen LogP contribution in [0.1, 0.15) is 76.6 Å². The van der Waals surface area contributed by atoms with Gasteiger partial charge in [-0.2, -0.15) is 0 Å². The molecule has 1 aliphatic rings. The van der Waals surface area contributed by atoms with E-state index in [4.69, 9.17) is 0 Å². The predicted molar refractivity (Wildman–Crippen MR) is 119 cm³/mol. The zero-order valence-corrected chi connectivity index (χ0v) is 18.8. The molecule has 2 nitrogen and oxygen atoms in total. The van der Waals surface area contributed by atoms with Crippen LogP contribution in [0.25, 0.3) is 11.6 Å². The van der Waals surface area contributed by atoms with Crippen LogP contribution in [0, 0.1) is 0 Å². The number of allylic oxidation sites excluding steroid dienone is 1. The highest BCUT2D eigenvalue weighted by molar-refractivity contribution is 7.91. The Morgan fingerprint density at radius 3 is 2.07 bits per heavy atom. The second-order valence-corrected chi connectivity index (χ2v) is 11.6. The predicted octanol–water partition coefficient (Wildman–Crippen LogP) is 6.39. The minimum Gasteiger partial charge on any atom is -0.224 e. The zero-order valence-electron chi connectivity index (χ0n) is 18.0. The van der Waals surface area contributed by atoms with E-state index < -0.39 is 9.84 Å². The van der Waals surface area contributed by atoms with E-state index in [1.807, 2.05) is 12.1 Å². The summed E-state index contributed by atoms with van der Waals surface area (Å²) in [6.07, 6.45) is 4.55. The van der Waals surface area contributed by atoms with Gasteiger partial charge in [0.25, 0.3) is 0 Å². The maximum Gasteiger partial charge on any atom is 0.178 e. The molecule has 0 atom stereocenters. The van der Waals surface area contributed by atoms with E-state index in [0.29, 0.717) is 4.90 Å². The van der Waals surface area contributed by atoms with E-state index >= 15 is 0 Å². The third-order valence-corrected chi connectivity index (χ3v) is 8.06. The topological polar surface area (TPSA) is 34.1 Å². The van der Waals surface area contributed by atoms with Gasteiger partial charge in [-0.05, 0) is 70.6 Å². The number of benzene rings is 2. The standard InChI is InChI=1S/C25H32O2S/c1-7-28(26,27)21-11-8-19(9-12-21)16-18(2)20-10-13-22-23(17-20)25(5,6)15-14-24(22,3)4/h8-13,16-17H,7,14-15H2,1-6H3/b18-16+. The Hall–Kier alpha value is -1.87. The van der Waals surface area contributed by atoms with Crippen molar-refractivity contribution in [1.29, 1.82) is 0 Å². The number of rotatable bonds is 4. The van der Waals surface area contributed by atoms with Gasteiger partial charge in [0.05, 0.1) is 10.6 Å². The Morgan fingerprint density at radius 2 is 1.50 bits per heavy atom. The first kappa shape index (κ1) is 20.9. The molecule has 0 aliphatic heterocycles. The van der Waals surface area contributed by atoms with Gasteiger partial charge in [-0.3, -0.25) is 0 Å². The quantitative estimate of drug-likeness (QED) is 0.561. The van der Waals surface area contributed by atoms with Gasteiger partial charge in [0.1, 0.15) is 0 Å². The Morgan fingerprint density at radius 1 is 0.929 bits per heavy atom. The molecular formula is C25H32O2S. The van der Waals surface area contributed by atoms with Crippen LogP contribution in [0.15, 0.2) is 47.4 Å². The lowest BCUT2D eigenvalue weighted by Gasteiger charge is -2.42. The summed E-state index contributed by atoms with van der Waals surface area (Å²) >= 11 is 0. The average molecular weight is 397 g/mol. The van der Waals surface area contributed by atoms with Gasteiger partial charge in [-0.15, -0.1) is 0 Å². The highest BCUT2D eigenvalue weighted by Gasteiger charge is 2.36. The number of fused-ring (bicyclic) bond motifs is 1. The lowest BCUT2D eigenvalue weighted by molar-refractivity contribution is 0.332. The molecule has 28 heavy (non-hydrogen) atoms. The Balaban J connectivity index is 1.96. The van der Waals surface area contributed by atoms with E-state index in [0.717, 1.165) is 5.56 Å². The van der Waals surface area contributed by atoms with Crippen LogP contribution in [0.4, 0.5) is 0 Å². The molecule has 2 aromatic rings. The van der Waals surface area contributed by atoms with Gasteiger partial charge in [0.15, 0.2) is 9.84 Å². The molecule has 0 fully saturated rings. The van der Waals surface area contributed by atoms with Gasteiger partial charge in [-0.25, -0.2) is 8.42 Å². The van der Waals surface area contributed by atoms with Crippen LogP contribution < -0.4 is 0 Å². The summed E-state index contributed by atoms with van der Waals surface area (Å²) in [7, 11) is -3.15. The average Bonchev–Trinajstić information content (AvgIpc) is 2.65. The smallest absolute Gasteiger partial charge is 0.178 e. The number of hydrogen-bond donors (Lipinski definition) is 0. The summed E-state index contributed by atoms with van der Waals surface area (Å²) < 4.78 is 24.0. The molecule has 1 aliphatic carbocycles. The molecule has 0 radical (unpaired) electrons. The van der Waals surface area contributed by atoms with Crippen LogP contribution in [-0.4, -0.2) is 14.2 Å². The van der Waals surface area contributed by atoms with Crippen molar-refractivity contribution in [3.05, 3.63) is 64.7 Å². The molecule has 150 valence electrons. The molecule has 0 bridgehead atoms. The fourth-order valence-electron chi connectivity index (χ4n) is 4.11. The highest BCUT2D eigenvalue weighted by Crippen LogP contribution is 2.46. The van der Waals surface area contributed by atoms with Crippen LogP contribution in [0.2, 0.25) is 0 Å². The van der Waals surface area contributed by atoms with Crippen molar-refractivity contribution in [2.75, 3.05) is 5.75 Å². The first-order chi connectivity index (χ1) is 13.0. The largest absolute Gasteiger partial charge is 0.224 e. The van der Waals surface area contributed by atoms with Gasteiger partial charge in [-0.1, -0.05) is 71.0 Å². The minimum atomic E-state index is -3.15. The maximum atomic E-state index is 12.0. The van der Waals surface area contributed by atoms with Gasteiger partial charge in [0.2, 0.25) is 0 Å². The maximum absolute atomic E-state index is 12.0. The van der Waals surface area contributed by atoms with Crippen LogP contribution in [0.3, 0.4) is 0 Å². The third-order valence-electron chi connectivity index (χ3n) is 6.31. The molecule has 0 N–H and O–H groups in total. The van der Waals surface area contributed by atoms with Crippen molar-refractivity contribution in [3.8, 4) is 0 Å². The van der Waals surface area contributed by atoms with E-state index in [-0.39, 0.29) is 16.6 Å². The summed E-state index contributed by atoms with van der Waals surface area (Å²) in [5, 5.41) is 0. The monoisotopic (exact) mass is 396 g/mol. The summed E-state index contributed by atoms with van der Waals surface area (Å²) in [5.74, 6) is 0.127. The fourth-order valence-corrected chi connectivity index (χ4v) is 4.99. The molecule has 0 heterocycles. The normalized spacial score (nSPS) is 18.6. The van der Waals surface area contributed by atoms with Crippen molar-refractivity contribution in [1.82, 2.24) is 0 Å². The van der Waals surface area contributed by atoms with Crippen molar-refractivity contribution >= 4 is 21.5 Å². The molecule has 0 unspecified atom stereocenters. The molecular weight excluding hydrogens is 364 g/mol. The van der Waals surface area contributed by atoms with Crippen molar-refractivity contribution < 1.29 is 8.42 Å². The van der Waals surface area contributed by atoms with Crippen molar-refractivity contribution in [2.24, 2.45) is 0 Å². The van der Waals surface area contributed by atoms with Crippen LogP contribution >= 0.6 is 0 Å². The molecule has 3 heteroatoms. The van der Waals surface area contributed by atoms with E-state index in [1.54, 1.807) is 19.1 Å². The van der Waals surface area contributed by atoms with Crippen LogP contribution in [0.5, 0.6) is 0 Å². The second kappa shape index (κ2) is 7.18. The van der Waals surface area contributed by atoms with Gasteiger partial charge in [0, 0.05) is 0 Å². The van der Waals surface area contributed by atoms with Gasteiger partial charge >= 0.3 is 0 Å². The summed E-state index contributed by atoms with van der Waals surface area (Å²) in [6.45, 7) is 13.2. The molecule has 3 rings (SSSR count). The molecule has 0 spiro atoms. The first-order valence-electron chi connectivity index (χ1n) is 10.1. The Kier molecular flexibility index (Phi) is 5.35. The zero-order chi connectivity index (χ0) is 20.7. The third kappa shape index (κ3) is 3.96. The number of hydrogen-bond acceptors (Lipinski definition) is 2. The lowest BCUT2D eigenvalue weighted by atomic mass is 9.63.